The van der Waals surface area contributed by atoms with Gasteiger partial charge in [0.25, 0.3) is 0 Å². The lowest BCUT2D eigenvalue weighted by molar-refractivity contribution is 0.331. The molecule has 0 aliphatic carbocycles. The molecule has 2 N–H and O–H groups in total. The Balaban J connectivity index is 0.00000289. The fourth-order valence-electron chi connectivity index (χ4n) is 3.88. The zero-order valence-electron chi connectivity index (χ0n) is 18.7. The van der Waals surface area contributed by atoms with Gasteiger partial charge in [-0.05, 0) is 67.7 Å². The maximum absolute atomic E-state index is 4.77. The van der Waals surface area contributed by atoms with E-state index in [0.29, 0.717) is 6.54 Å². The number of benzene rings is 2. The van der Waals surface area contributed by atoms with Crippen molar-refractivity contribution in [3.8, 4) is 5.69 Å². The summed E-state index contributed by atoms with van der Waals surface area (Å²) >= 11 is 0. The Morgan fingerprint density at radius 2 is 1.75 bits per heavy atom. The first-order valence-corrected chi connectivity index (χ1v) is 11.2. The molecule has 0 saturated carbocycles. The van der Waals surface area contributed by atoms with Crippen molar-refractivity contribution in [2.24, 2.45) is 4.99 Å². The second-order valence-electron chi connectivity index (χ2n) is 7.97. The summed E-state index contributed by atoms with van der Waals surface area (Å²) in [6, 6.07) is 19.2. The first-order chi connectivity index (χ1) is 15.3. The third kappa shape index (κ3) is 7.06. The van der Waals surface area contributed by atoms with E-state index >= 15 is 0 Å². The van der Waals surface area contributed by atoms with Crippen LogP contribution in [0.3, 0.4) is 0 Å². The highest BCUT2D eigenvalue weighted by atomic mass is 127. The van der Waals surface area contributed by atoms with Crippen LogP contribution in [0.4, 0.5) is 0 Å². The van der Waals surface area contributed by atoms with Crippen molar-refractivity contribution in [2.45, 2.75) is 39.4 Å². The van der Waals surface area contributed by atoms with Gasteiger partial charge in [-0.25, -0.2) is 9.67 Å². The molecular weight excluding hydrogens is 511 g/mol. The van der Waals surface area contributed by atoms with Crippen LogP contribution in [0.2, 0.25) is 0 Å². The summed E-state index contributed by atoms with van der Waals surface area (Å²) < 4.78 is 1.87. The lowest BCUT2D eigenvalue weighted by Crippen LogP contribution is -2.36. The van der Waals surface area contributed by atoms with Gasteiger partial charge in [0, 0.05) is 32.0 Å². The molecule has 3 aromatic rings. The van der Waals surface area contributed by atoms with Crippen molar-refractivity contribution in [3.05, 3.63) is 83.7 Å². The molecule has 2 heterocycles. The Morgan fingerprint density at radius 3 is 2.47 bits per heavy atom. The first-order valence-electron chi connectivity index (χ1n) is 11.2. The van der Waals surface area contributed by atoms with E-state index in [1.54, 1.807) is 6.20 Å². The Bertz CT molecular complexity index is 962. The zero-order valence-corrected chi connectivity index (χ0v) is 21.0. The summed E-state index contributed by atoms with van der Waals surface area (Å²) in [6.45, 7) is 7.81. The molecule has 1 aromatic heterocycles. The number of rotatable bonds is 8. The van der Waals surface area contributed by atoms with Crippen molar-refractivity contribution in [2.75, 3.05) is 19.6 Å². The van der Waals surface area contributed by atoms with Gasteiger partial charge in [-0.1, -0.05) is 36.4 Å². The fraction of sp³-hybridized carbons (Fsp3) is 0.360. The smallest absolute Gasteiger partial charge is 0.191 e. The molecule has 7 heteroatoms. The highest BCUT2D eigenvalue weighted by molar-refractivity contribution is 14.0. The van der Waals surface area contributed by atoms with Gasteiger partial charge in [-0.2, -0.15) is 5.10 Å². The standard InChI is InChI=1S/C25H32N6.HI/c1-2-26-25(28-19-23-7-5-8-24(17-23)31-16-6-13-29-31)27-18-21-9-11-22(12-10-21)20-30-14-3-4-15-30;/h5-13,16-17H,2-4,14-15,18-20H2,1H3,(H2,26,27,28);1H. The molecule has 0 radical (unpaired) electrons. The van der Waals surface area contributed by atoms with Crippen molar-refractivity contribution in [1.82, 2.24) is 25.3 Å². The molecule has 0 bridgehead atoms. The second-order valence-corrected chi connectivity index (χ2v) is 7.97. The SMILES string of the molecule is CCNC(=NCc1cccc(-n2cccn2)c1)NCc1ccc(CN2CCCC2)cc1.I. The van der Waals surface area contributed by atoms with Crippen LogP contribution in [0.5, 0.6) is 0 Å². The van der Waals surface area contributed by atoms with Crippen molar-refractivity contribution >= 4 is 29.9 Å². The molecule has 2 aromatic carbocycles. The van der Waals surface area contributed by atoms with E-state index in [0.717, 1.165) is 36.8 Å². The van der Waals surface area contributed by atoms with Crippen LogP contribution in [-0.2, 0) is 19.6 Å². The van der Waals surface area contributed by atoms with Gasteiger partial charge < -0.3 is 10.6 Å². The summed E-state index contributed by atoms with van der Waals surface area (Å²) in [6.07, 6.45) is 6.41. The number of aromatic nitrogens is 2. The van der Waals surface area contributed by atoms with E-state index in [1.807, 2.05) is 23.0 Å². The van der Waals surface area contributed by atoms with Gasteiger partial charge in [0.05, 0.1) is 12.2 Å². The first kappa shape index (κ1) is 24.3. The number of nitrogens with one attached hydrogen (secondary N) is 2. The van der Waals surface area contributed by atoms with Crippen molar-refractivity contribution < 1.29 is 0 Å². The molecule has 4 rings (SSSR count). The normalized spacial score (nSPS) is 14.2. The predicted octanol–water partition coefficient (Wildman–Crippen LogP) is 4.34. The lowest BCUT2D eigenvalue weighted by atomic mass is 10.1. The Hall–Kier alpha value is -2.39. The van der Waals surface area contributed by atoms with E-state index in [1.165, 1.54) is 37.1 Å². The minimum absolute atomic E-state index is 0. The highest BCUT2D eigenvalue weighted by Crippen LogP contribution is 2.13. The third-order valence-electron chi connectivity index (χ3n) is 5.53. The Morgan fingerprint density at radius 1 is 0.969 bits per heavy atom. The summed E-state index contributed by atoms with van der Waals surface area (Å²) in [5.41, 5.74) is 4.85. The maximum atomic E-state index is 4.77. The molecule has 6 nitrogen and oxygen atoms in total. The number of guanidine groups is 1. The van der Waals surface area contributed by atoms with Gasteiger partial charge in [0.15, 0.2) is 5.96 Å². The van der Waals surface area contributed by atoms with Crippen LogP contribution in [0.25, 0.3) is 5.69 Å². The number of likely N-dealkylation sites (tertiary alicyclic amines) is 1. The minimum atomic E-state index is 0. The molecule has 0 spiro atoms. The third-order valence-corrected chi connectivity index (χ3v) is 5.53. The second kappa shape index (κ2) is 12.6. The Kier molecular flexibility index (Phi) is 9.55. The van der Waals surface area contributed by atoms with Crippen LogP contribution in [0.1, 0.15) is 36.5 Å². The zero-order chi connectivity index (χ0) is 21.3. The largest absolute Gasteiger partial charge is 0.357 e. The molecule has 1 saturated heterocycles. The number of hydrogen-bond donors (Lipinski definition) is 2. The lowest BCUT2D eigenvalue weighted by Gasteiger charge is -2.15. The van der Waals surface area contributed by atoms with Gasteiger partial charge >= 0.3 is 0 Å². The molecule has 1 fully saturated rings. The number of nitrogens with zero attached hydrogens (tertiary/aromatic N) is 4. The summed E-state index contributed by atoms with van der Waals surface area (Å²) in [4.78, 5) is 7.30. The van der Waals surface area contributed by atoms with E-state index in [-0.39, 0.29) is 24.0 Å². The van der Waals surface area contributed by atoms with Gasteiger partial charge in [0.2, 0.25) is 0 Å². The maximum Gasteiger partial charge on any atom is 0.191 e. The molecule has 0 amide bonds. The van der Waals surface area contributed by atoms with Gasteiger partial charge in [0.1, 0.15) is 0 Å². The fourth-order valence-corrected chi connectivity index (χ4v) is 3.88. The topological polar surface area (TPSA) is 57.5 Å². The number of halogens is 1. The predicted molar refractivity (Wildman–Crippen MR) is 142 cm³/mol. The van der Waals surface area contributed by atoms with E-state index in [9.17, 15) is 0 Å². The minimum Gasteiger partial charge on any atom is -0.357 e. The molecule has 0 unspecified atom stereocenters. The molecule has 170 valence electrons. The van der Waals surface area contributed by atoms with Gasteiger partial charge in [-0.15, -0.1) is 24.0 Å². The molecule has 1 aliphatic heterocycles. The van der Waals surface area contributed by atoms with Crippen LogP contribution >= 0.6 is 24.0 Å². The molecule has 0 atom stereocenters. The van der Waals surface area contributed by atoms with Crippen LogP contribution in [-0.4, -0.2) is 40.3 Å². The van der Waals surface area contributed by atoms with Crippen molar-refractivity contribution in [3.63, 3.8) is 0 Å². The summed E-state index contributed by atoms with van der Waals surface area (Å²) in [7, 11) is 0. The Labute approximate surface area is 208 Å². The van der Waals surface area contributed by atoms with Crippen LogP contribution in [0.15, 0.2) is 72.0 Å². The molecule has 32 heavy (non-hydrogen) atoms. The van der Waals surface area contributed by atoms with Crippen molar-refractivity contribution in [1.29, 1.82) is 0 Å². The molecular formula is C25H33IN6. The van der Waals surface area contributed by atoms with E-state index < -0.39 is 0 Å². The molecule has 1 aliphatic rings. The average molecular weight is 544 g/mol. The number of aliphatic imine (C=N–C) groups is 1. The average Bonchev–Trinajstić information content (AvgIpc) is 3.51. The number of hydrogen-bond acceptors (Lipinski definition) is 3. The van der Waals surface area contributed by atoms with Crippen LogP contribution < -0.4 is 10.6 Å². The monoisotopic (exact) mass is 544 g/mol. The summed E-state index contributed by atoms with van der Waals surface area (Å²) in [5, 5.41) is 11.1. The van der Waals surface area contributed by atoms with E-state index in [4.69, 9.17) is 4.99 Å². The highest BCUT2D eigenvalue weighted by Gasteiger charge is 2.11. The van der Waals surface area contributed by atoms with Gasteiger partial charge in [-0.3, -0.25) is 4.90 Å². The summed E-state index contributed by atoms with van der Waals surface area (Å²) in [5.74, 6) is 0.827. The van der Waals surface area contributed by atoms with Crippen LogP contribution in [0, 0.1) is 0 Å². The quantitative estimate of drug-likeness (QED) is 0.252. The van der Waals surface area contributed by atoms with E-state index in [2.05, 4.69) is 70.0 Å².